The molecular weight excluding hydrogens is 423 g/mol. The molecule has 1 aliphatic heterocycles. The molecule has 1 aliphatic rings. The summed E-state index contributed by atoms with van der Waals surface area (Å²) in [6.45, 7) is -1.44. The van der Waals surface area contributed by atoms with E-state index in [1.165, 1.54) is 24.3 Å². The molecule has 2 aromatic rings. The van der Waals surface area contributed by atoms with Gasteiger partial charge in [-0.25, -0.2) is 4.79 Å². The highest BCUT2D eigenvalue weighted by molar-refractivity contribution is 5.88. The smallest absolute Gasteiger partial charge is 0.416 e. The van der Waals surface area contributed by atoms with E-state index >= 15 is 0 Å². The molecule has 1 N–H and O–H groups in total. The van der Waals surface area contributed by atoms with E-state index in [0.717, 1.165) is 12.1 Å². The first-order valence-corrected chi connectivity index (χ1v) is 9.51. The number of nitrogens with zero attached hydrogens (tertiary/aromatic N) is 2. The maximum absolute atomic E-state index is 12.7. The highest BCUT2D eigenvalue weighted by Gasteiger charge is 2.31. The van der Waals surface area contributed by atoms with Gasteiger partial charge in [0.15, 0.2) is 0 Å². The molecule has 0 amide bonds. The Bertz CT molecular complexity index is 872. The van der Waals surface area contributed by atoms with Crippen molar-refractivity contribution in [2.24, 2.45) is 0 Å². The van der Waals surface area contributed by atoms with Gasteiger partial charge in [0.25, 0.3) is 0 Å². The minimum absolute atomic E-state index is 0.116. The summed E-state index contributed by atoms with van der Waals surface area (Å²) in [5, 5.41) is 9.03. The van der Waals surface area contributed by atoms with Gasteiger partial charge in [-0.2, -0.15) is 22.0 Å². The molecule has 0 bridgehead atoms. The van der Waals surface area contributed by atoms with Crippen molar-refractivity contribution >= 4 is 11.7 Å². The van der Waals surface area contributed by atoms with Crippen molar-refractivity contribution in [3.05, 3.63) is 65.2 Å². The van der Waals surface area contributed by atoms with E-state index in [9.17, 15) is 26.7 Å². The molecule has 0 spiro atoms. The molecule has 5 nitrogen and oxygen atoms in total. The minimum atomic E-state index is -4.40. The number of carboxylic acid groups (broad SMARTS) is 1. The van der Waals surface area contributed by atoms with Gasteiger partial charge in [-0.1, -0.05) is 12.1 Å². The number of ether oxygens (including phenoxy) is 1. The van der Waals surface area contributed by atoms with Gasteiger partial charge in [0.1, 0.15) is 0 Å². The van der Waals surface area contributed by atoms with Crippen molar-refractivity contribution in [2.75, 3.05) is 31.1 Å². The van der Waals surface area contributed by atoms with E-state index in [-0.39, 0.29) is 12.2 Å². The zero-order valence-corrected chi connectivity index (χ0v) is 16.4. The minimum Gasteiger partial charge on any atom is -0.478 e. The summed E-state index contributed by atoms with van der Waals surface area (Å²) in [5.41, 5.74) is 0.752. The third-order valence-corrected chi connectivity index (χ3v) is 5.11. The van der Waals surface area contributed by atoms with Crippen LogP contribution >= 0.6 is 0 Å². The molecule has 168 valence electrons. The van der Waals surface area contributed by atoms with Gasteiger partial charge in [-0.05, 0) is 42.0 Å². The second-order valence-corrected chi connectivity index (χ2v) is 7.22. The molecule has 3 rings (SSSR count). The predicted octanol–water partition coefficient (Wildman–Crippen LogP) is 4.33. The van der Waals surface area contributed by atoms with Gasteiger partial charge < -0.3 is 14.7 Å². The van der Waals surface area contributed by atoms with Gasteiger partial charge in [0, 0.05) is 31.9 Å². The Hall–Kier alpha value is -2.72. The van der Waals surface area contributed by atoms with Crippen LogP contribution in [0.4, 0.5) is 27.6 Å². The number of carboxylic acids is 1. The van der Waals surface area contributed by atoms with Gasteiger partial charge >= 0.3 is 18.8 Å². The topological polar surface area (TPSA) is 53.0 Å². The van der Waals surface area contributed by atoms with Crippen LogP contribution in [-0.4, -0.2) is 54.9 Å². The summed E-state index contributed by atoms with van der Waals surface area (Å²) >= 11 is 0. The molecule has 1 atom stereocenters. The predicted molar refractivity (Wildman–Crippen MR) is 103 cm³/mol. The van der Waals surface area contributed by atoms with E-state index in [4.69, 9.17) is 5.11 Å². The molecule has 10 heteroatoms. The number of rotatable bonds is 7. The molecule has 0 aromatic heterocycles. The quantitative estimate of drug-likeness (QED) is 0.645. The first-order chi connectivity index (χ1) is 14.6. The van der Waals surface area contributed by atoms with E-state index in [1.54, 1.807) is 12.1 Å². The summed E-state index contributed by atoms with van der Waals surface area (Å²) in [4.78, 5) is 14.9. The molecule has 1 fully saturated rings. The fraction of sp³-hybridized carbons (Fsp3) is 0.381. The normalized spacial score (nSPS) is 17.9. The van der Waals surface area contributed by atoms with Crippen LogP contribution in [0.1, 0.15) is 21.5 Å². The molecule has 0 saturated carbocycles. The Morgan fingerprint density at radius 1 is 1.06 bits per heavy atom. The summed E-state index contributed by atoms with van der Waals surface area (Å²) < 4.78 is 68.0. The van der Waals surface area contributed by atoms with Crippen molar-refractivity contribution < 1.29 is 36.6 Å². The van der Waals surface area contributed by atoms with Crippen molar-refractivity contribution in [1.29, 1.82) is 0 Å². The van der Waals surface area contributed by atoms with Crippen molar-refractivity contribution in [2.45, 2.75) is 25.4 Å². The zero-order valence-electron chi connectivity index (χ0n) is 16.4. The van der Waals surface area contributed by atoms with E-state index in [0.29, 0.717) is 37.4 Å². The Balaban J connectivity index is 1.70. The summed E-state index contributed by atoms with van der Waals surface area (Å²) in [5.74, 6) is -1.06. The highest BCUT2D eigenvalue weighted by atomic mass is 19.4. The van der Waals surface area contributed by atoms with E-state index in [2.05, 4.69) is 4.74 Å². The highest BCUT2D eigenvalue weighted by Crippen LogP contribution is 2.29. The lowest BCUT2D eigenvalue weighted by Gasteiger charge is -2.42. The van der Waals surface area contributed by atoms with Crippen LogP contribution in [0.5, 0.6) is 0 Å². The second-order valence-electron chi connectivity index (χ2n) is 7.22. The van der Waals surface area contributed by atoms with Crippen LogP contribution in [0.3, 0.4) is 0 Å². The fourth-order valence-corrected chi connectivity index (χ4v) is 3.58. The van der Waals surface area contributed by atoms with Crippen LogP contribution in [0.2, 0.25) is 0 Å². The average Bonchev–Trinajstić information content (AvgIpc) is 2.72. The van der Waals surface area contributed by atoms with Crippen LogP contribution in [-0.2, 0) is 17.5 Å². The standard InChI is InChI=1S/C21H21F5N2O3/c22-20(23)31-13-18-12-27(11-14-1-5-16(6-2-14)21(24,25)26)9-10-28(18)17-7-3-15(4-8-17)19(29)30/h1-8,18,20H,9-13H2,(H,29,30). The maximum Gasteiger partial charge on any atom is 0.416 e. The number of alkyl halides is 5. The SMILES string of the molecule is O=C(O)c1ccc(N2CCN(Cc3ccc(C(F)(F)F)cc3)CC2COC(F)F)cc1. The lowest BCUT2D eigenvalue weighted by molar-refractivity contribution is -0.137. The van der Waals surface area contributed by atoms with Gasteiger partial charge in [-0.15, -0.1) is 0 Å². The monoisotopic (exact) mass is 444 g/mol. The number of anilines is 1. The summed E-state index contributed by atoms with van der Waals surface area (Å²) in [6, 6.07) is 10.5. The van der Waals surface area contributed by atoms with Crippen LogP contribution in [0, 0.1) is 0 Å². The Labute approximate surface area is 175 Å². The first kappa shape index (κ1) is 23.0. The number of piperazine rings is 1. The van der Waals surface area contributed by atoms with Crippen LogP contribution in [0.15, 0.2) is 48.5 Å². The number of hydrogen-bond donors (Lipinski definition) is 1. The molecule has 1 heterocycles. The zero-order chi connectivity index (χ0) is 22.6. The number of aromatic carboxylic acids is 1. The molecule has 2 aromatic carbocycles. The molecule has 0 aliphatic carbocycles. The second kappa shape index (κ2) is 9.61. The summed E-state index contributed by atoms with van der Waals surface area (Å²) in [7, 11) is 0. The lowest BCUT2D eigenvalue weighted by atomic mass is 10.1. The van der Waals surface area contributed by atoms with E-state index < -0.39 is 30.4 Å². The molecular formula is C21H21F5N2O3. The van der Waals surface area contributed by atoms with Crippen molar-refractivity contribution in [3.8, 4) is 0 Å². The number of hydrogen-bond acceptors (Lipinski definition) is 4. The van der Waals surface area contributed by atoms with E-state index in [1.807, 2.05) is 9.80 Å². The largest absolute Gasteiger partial charge is 0.478 e. The summed E-state index contributed by atoms with van der Waals surface area (Å²) in [6.07, 6.45) is -4.40. The molecule has 1 saturated heterocycles. The van der Waals surface area contributed by atoms with Crippen LogP contribution in [0.25, 0.3) is 0 Å². The van der Waals surface area contributed by atoms with Gasteiger partial charge in [0.2, 0.25) is 0 Å². The number of carbonyl (C=O) groups is 1. The molecule has 1 unspecified atom stereocenters. The number of benzene rings is 2. The first-order valence-electron chi connectivity index (χ1n) is 9.51. The van der Waals surface area contributed by atoms with Gasteiger partial charge in [-0.3, -0.25) is 4.90 Å². The number of halogens is 5. The third kappa shape index (κ3) is 6.14. The lowest BCUT2D eigenvalue weighted by Crippen LogP contribution is -2.55. The van der Waals surface area contributed by atoms with Gasteiger partial charge in [0.05, 0.1) is 23.8 Å². The van der Waals surface area contributed by atoms with Crippen molar-refractivity contribution in [3.63, 3.8) is 0 Å². The maximum atomic E-state index is 12.7. The van der Waals surface area contributed by atoms with Crippen molar-refractivity contribution in [1.82, 2.24) is 4.90 Å². The fourth-order valence-electron chi connectivity index (χ4n) is 3.58. The Morgan fingerprint density at radius 3 is 2.26 bits per heavy atom. The third-order valence-electron chi connectivity index (χ3n) is 5.11. The Kier molecular flexibility index (Phi) is 7.11. The van der Waals surface area contributed by atoms with Crippen LogP contribution < -0.4 is 4.90 Å². The Morgan fingerprint density at radius 2 is 1.71 bits per heavy atom. The average molecular weight is 444 g/mol. The molecule has 0 radical (unpaired) electrons. The molecule has 31 heavy (non-hydrogen) atoms.